The van der Waals surface area contributed by atoms with Gasteiger partial charge in [-0.05, 0) is 86.2 Å². The summed E-state index contributed by atoms with van der Waals surface area (Å²) < 4.78 is 44.3. The lowest BCUT2D eigenvalue weighted by Crippen LogP contribution is -2.57. The molecule has 9 heteroatoms. The lowest BCUT2D eigenvalue weighted by atomic mass is 9.97. The minimum Gasteiger partial charge on any atom is -0.492 e. The lowest BCUT2D eigenvalue weighted by Gasteiger charge is -2.47. The Morgan fingerprint density at radius 2 is 1.59 bits per heavy atom. The van der Waals surface area contributed by atoms with Gasteiger partial charge in [0.15, 0.2) is 0 Å². The van der Waals surface area contributed by atoms with E-state index in [9.17, 15) is 18.0 Å². The highest BCUT2D eigenvalue weighted by Gasteiger charge is 2.34. The molecule has 0 N–H and O–H groups in total. The van der Waals surface area contributed by atoms with Crippen LogP contribution in [0.2, 0.25) is 0 Å². The minimum atomic E-state index is -4.30. The number of piperazine rings is 1. The quantitative estimate of drug-likeness (QED) is 0.231. The Labute approximate surface area is 263 Å². The predicted octanol–water partition coefficient (Wildman–Crippen LogP) is 7.71. The molecule has 2 atom stereocenters. The fraction of sp³-hybridized carbons (Fsp3) is 0.514. The summed E-state index contributed by atoms with van der Waals surface area (Å²) in [5.41, 5.74) is 2.78. The van der Waals surface area contributed by atoms with Gasteiger partial charge >= 0.3 is 6.18 Å². The molecule has 1 aromatic heterocycles. The number of halogens is 3. The third-order valence-electron chi connectivity index (χ3n) is 9.21. The van der Waals surface area contributed by atoms with Crippen molar-refractivity contribution in [3.05, 3.63) is 87.1 Å². The van der Waals surface area contributed by atoms with Gasteiger partial charge in [-0.1, -0.05) is 43.3 Å². The first kappa shape index (κ1) is 32.5. The van der Waals surface area contributed by atoms with Gasteiger partial charge in [0.25, 0.3) is 5.91 Å². The Morgan fingerprint density at radius 1 is 0.955 bits per heavy atom. The van der Waals surface area contributed by atoms with Crippen LogP contribution in [-0.2, 0) is 19.0 Å². The number of hydrogen-bond acceptors (Lipinski definition) is 5. The Balaban J connectivity index is 1.08. The van der Waals surface area contributed by atoms with Crippen LogP contribution in [0, 0.1) is 0 Å². The van der Waals surface area contributed by atoms with Gasteiger partial charge in [0.05, 0.1) is 12.2 Å². The summed E-state index contributed by atoms with van der Waals surface area (Å²) in [7, 11) is 0. The molecule has 0 unspecified atom stereocenters. The fourth-order valence-corrected chi connectivity index (χ4v) is 7.37. The fourth-order valence-electron chi connectivity index (χ4n) is 6.57. The van der Waals surface area contributed by atoms with Gasteiger partial charge < -0.3 is 9.64 Å². The molecule has 1 amide bonds. The van der Waals surface area contributed by atoms with E-state index in [1.54, 1.807) is 12.1 Å². The van der Waals surface area contributed by atoms with Crippen molar-refractivity contribution >= 4 is 17.2 Å². The summed E-state index contributed by atoms with van der Waals surface area (Å²) in [5, 5.41) is 1.94. The van der Waals surface area contributed by atoms with Gasteiger partial charge in [-0.3, -0.25) is 14.6 Å². The molecule has 2 aliphatic rings. The van der Waals surface area contributed by atoms with E-state index >= 15 is 0 Å². The molecular formula is C35H44F3N3O2S. The van der Waals surface area contributed by atoms with Crippen LogP contribution in [0.15, 0.2) is 60.0 Å². The van der Waals surface area contributed by atoms with Crippen molar-refractivity contribution in [3.63, 3.8) is 0 Å². The van der Waals surface area contributed by atoms with Gasteiger partial charge in [-0.2, -0.15) is 13.2 Å². The first-order valence-corrected chi connectivity index (χ1v) is 16.8. The Hall–Kier alpha value is -2.88. The summed E-state index contributed by atoms with van der Waals surface area (Å²) >= 11 is 1.47. The number of nitrogens with zero attached hydrogens (tertiary/aromatic N) is 3. The van der Waals surface area contributed by atoms with Crippen molar-refractivity contribution < 1.29 is 22.7 Å². The molecule has 2 fully saturated rings. The van der Waals surface area contributed by atoms with Crippen molar-refractivity contribution in [2.75, 3.05) is 39.3 Å². The normalized spacial score (nSPS) is 19.7. The zero-order valence-corrected chi connectivity index (χ0v) is 26.8. The number of likely N-dealkylation sites (tertiary alicyclic amines) is 1. The summed E-state index contributed by atoms with van der Waals surface area (Å²) in [6, 6.07) is 17.3. The second-order valence-corrected chi connectivity index (χ2v) is 13.1. The zero-order valence-electron chi connectivity index (χ0n) is 26.0. The predicted molar refractivity (Wildman–Crippen MR) is 170 cm³/mol. The Bertz CT molecular complexity index is 1350. The number of carbonyl (C=O) groups is 1. The monoisotopic (exact) mass is 627 g/mol. The highest BCUT2D eigenvalue weighted by atomic mass is 32.1. The second kappa shape index (κ2) is 14.5. The number of hydrogen-bond donors (Lipinski definition) is 0. The van der Waals surface area contributed by atoms with Crippen molar-refractivity contribution in [1.29, 1.82) is 0 Å². The topological polar surface area (TPSA) is 36.0 Å². The zero-order chi connectivity index (χ0) is 31.3. The average Bonchev–Trinajstić information content (AvgIpc) is 3.51. The van der Waals surface area contributed by atoms with Crippen molar-refractivity contribution in [3.8, 4) is 5.75 Å². The molecule has 0 bridgehead atoms. The standard InChI is InChI=1S/C35H44F3N3O2S/c1-4-22-43-32-17-23-44-33(32)34(42)39-18-15-31(16-19-39)40-20-21-41(25(2)24-40)26(3)29-11-7-27(8-12-29)5-6-28-9-13-30(14-10-28)35(36,37)38/h7-14,17,23,25-26,31H,4-6,15-16,18-22,24H2,1-3H3/t25-,26+/m1/s1. The van der Waals surface area contributed by atoms with Crippen LogP contribution < -0.4 is 4.74 Å². The van der Waals surface area contributed by atoms with E-state index < -0.39 is 11.7 Å². The molecule has 5 nitrogen and oxygen atoms in total. The number of benzene rings is 2. The van der Waals surface area contributed by atoms with Gasteiger partial charge in [-0.25, -0.2) is 0 Å². The van der Waals surface area contributed by atoms with E-state index in [-0.39, 0.29) is 5.91 Å². The Morgan fingerprint density at radius 3 is 2.18 bits per heavy atom. The van der Waals surface area contributed by atoms with Crippen LogP contribution in [0.4, 0.5) is 13.2 Å². The highest BCUT2D eigenvalue weighted by molar-refractivity contribution is 7.12. The molecular weight excluding hydrogens is 583 g/mol. The number of thiophene rings is 1. The molecule has 0 saturated carbocycles. The number of carbonyl (C=O) groups excluding carboxylic acids is 1. The Kier molecular flexibility index (Phi) is 10.7. The molecule has 0 aliphatic carbocycles. The van der Waals surface area contributed by atoms with Crippen molar-refractivity contribution in [1.82, 2.24) is 14.7 Å². The molecule has 2 saturated heterocycles. The average molecular weight is 628 g/mol. The van der Waals surface area contributed by atoms with Crippen LogP contribution in [0.25, 0.3) is 0 Å². The number of piperidine rings is 1. The third-order valence-corrected chi connectivity index (χ3v) is 10.1. The molecule has 0 radical (unpaired) electrons. The molecule has 3 aromatic rings. The van der Waals surface area contributed by atoms with E-state index in [4.69, 9.17) is 4.74 Å². The lowest BCUT2D eigenvalue weighted by molar-refractivity contribution is -0.137. The second-order valence-electron chi connectivity index (χ2n) is 12.2. The highest BCUT2D eigenvalue weighted by Crippen LogP contribution is 2.31. The maximum Gasteiger partial charge on any atom is 0.416 e. The van der Waals surface area contributed by atoms with Crippen LogP contribution >= 0.6 is 11.3 Å². The molecule has 2 aliphatic heterocycles. The summed E-state index contributed by atoms with van der Waals surface area (Å²) in [6.07, 6.45) is 0.121. The van der Waals surface area contributed by atoms with E-state index in [0.717, 1.165) is 86.7 Å². The minimum absolute atomic E-state index is 0.0992. The summed E-state index contributed by atoms with van der Waals surface area (Å²) in [4.78, 5) is 21.1. The van der Waals surface area contributed by atoms with Crippen LogP contribution in [0.5, 0.6) is 5.75 Å². The van der Waals surface area contributed by atoms with Gasteiger partial charge in [-0.15, -0.1) is 11.3 Å². The van der Waals surface area contributed by atoms with Crippen LogP contribution in [0.3, 0.4) is 0 Å². The number of rotatable bonds is 10. The van der Waals surface area contributed by atoms with E-state index in [1.165, 1.54) is 22.5 Å². The number of ether oxygens (including phenoxy) is 1. The molecule has 44 heavy (non-hydrogen) atoms. The first-order chi connectivity index (χ1) is 21.1. The number of amides is 1. The SMILES string of the molecule is CCCOc1ccsc1C(=O)N1CCC(N2CCN([C@@H](C)c3ccc(CCc4ccc(C(F)(F)F)cc4)cc3)[C@H](C)C2)CC1. The van der Waals surface area contributed by atoms with E-state index in [1.807, 2.05) is 16.3 Å². The van der Waals surface area contributed by atoms with E-state index in [0.29, 0.717) is 31.2 Å². The molecule has 0 spiro atoms. The van der Waals surface area contributed by atoms with Crippen LogP contribution in [0.1, 0.15) is 78.0 Å². The maximum atomic E-state index is 13.2. The first-order valence-electron chi connectivity index (χ1n) is 15.9. The number of aryl methyl sites for hydroxylation is 2. The van der Waals surface area contributed by atoms with Gasteiger partial charge in [0.1, 0.15) is 10.6 Å². The maximum absolute atomic E-state index is 13.2. The number of alkyl halides is 3. The summed E-state index contributed by atoms with van der Waals surface area (Å²) in [6.45, 7) is 11.9. The van der Waals surface area contributed by atoms with Crippen molar-refractivity contribution in [2.45, 2.75) is 77.2 Å². The molecule has 3 heterocycles. The van der Waals surface area contributed by atoms with E-state index in [2.05, 4.69) is 54.8 Å². The molecule has 238 valence electrons. The largest absolute Gasteiger partial charge is 0.492 e. The van der Waals surface area contributed by atoms with Gasteiger partial charge in [0, 0.05) is 50.8 Å². The summed E-state index contributed by atoms with van der Waals surface area (Å²) in [5.74, 6) is 0.818. The third kappa shape index (κ3) is 7.85. The molecule has 5 rings (SSSR count). The smallest absolute Gasteiger partial charge is 0.416 e. The molecule has 2 aromatic carbocycles. The van der Waals surface area contributed by atoms with Gasteiger partial charge in [0.2, 0.25) is 0 Å². The van der Waals surface area contributed by atoms with Crippen molar-refractivity contribution in [2.24, 2.45) is 0 Å². The van der Waals surface area contributed by atoms with Crippen LogP contribution in [-0.4, -0.2) is 72.0 Å².